The number of nitrogens with zero attached hydrogens (tertiary/aromatic N) is 1. The molecule has 0 aromatic carbocycles. The molecule has 1 N–H and O–H groups in total. The lowest BCUT2D eigenvalue weighted by Crippen LogP contribution is -2.47. The predicted octanol–water partition coefficient (Wildman–Crippen LogP) is 1.77. The van der Waals surface area contributed by atoms with Crippen molar-refractivity contribution in [1.29, 1.82) is 0 Å². The molecule has 2 heterocycles. The van der Waals surface area contributed by atoms with Crippen molar-refractivity contribution in [3.05, 3.63) is 16.1 Å². The maximum Gasteiger partial charge on any atom is 0.221 e. The van der Waals surface area contributed by atoms with Crippen molar-refractivity contribution in [3.8, 4) is 0 Å². The van der Waals surface area contributed by atoms with Gasteiger partial charge in [0.25, 0.3) is 0 Å². The Morgan fingerprint density at radius 1 is 1.57 bits per heavy atom. The Morgan fingerprint density at radius 2 is 2.33 bits per heavy atom. The summed E-state index contributed by atoms with van der Waals surface area (Å²) in [6.45, 7) is 3.78. The van der Waals surface area contributed by atoms with Crippen LogP contribution >= 0.6 is 23.1 Å². The number of hydrogen-bond acceptors (Lipinski definition) is 6. The number of hydrogen-bond donors (Lipinski definition) is 1. The summed E-state index contributed by atoms with van der Waals surface area (Å²) in [6, 6.07) is 0. The third kappa shape index (κ3) is 5.27. The second-order valence-electron chi connectivity index (χ2n) is 5.61. The summed E-state index contributed by atoms with van der Waals surface area (Å²) in [4.78, 5) is 16.3. The van der Waals surface area contributed by atoms with E-state index in [9.17, 15) is 13.2 Å². The molecule has 0 radical (unpaired) electrons. The lowest BCUT2D eigenvalue weighted by Gasteiger charge is -2.23. The van der Waals surface area contributed by atoms with Gasteiger partial charge in [-0.15, -0.1) is 11.3 Å². The normalized spacial score (nSPS) is 24.1. The number of rotatable bonds is 6. The first-order valence-electron chi connectivity index (χ1n) is 6.78. The molecule has 21 heavy (non-hydrogen) atoms. The molecule has 0 saturated carbocycles. The smallest absolute Gasteiger partial charge is 0.221 e. The largest absolute Gasteiger partial charge is 0.350 e. The Morgan fingerprint density at radius 3 is 2.90 bits per heavy atom. The molecule has 0 unspecified atom stereocenters. The van der Waals surface area contributed by atoms with Crippen LogP contribution in [0.5, 0.6) is 0 Å². The van der Waals surface area contributed by atoms with E-state index < -0.39 is 15.4 Å². The van der Waals surface area contributed by atoms with E-state index in [1.165, 1.54) is 0 Å². The van der Waals surface area contributed by atoms with Crippen LogP contribution in [0.1, 0.15) is 30.5 Å². The van der Waals surface area contributed by atoms with E-state index in [-0.39, 0.29) is 17.4 Å². The summed E-state index contributed by atoms with van der Waals surface area (Å²) in [7, 11) is -2.99. The number of carbonyl (C=O) groups excluding carboxylic acids is 1. The van der Waals surface area contributed by atoms with E-state index >= 15 is 0 Å². The maximum absolute atomic E-state index is 11.9. The van der Waals surface area contributed by atoms with E-state index in [0.717, 1.165) is 16.5 Å². The summed E-state index contributed by atoms with van der Waals surface area (Å²) in [6.07, 6.45) is 0.912. The number of nitrogens with one attached hydrogen (secondary N) is 1. The number of amides is 1. The van der Waals surface area contributed by atoms with Crippen LogP contribution in [0.3, 0.4) is 0 Å². The molecule has 1 fully saturated rings. The Balaban J connectivity index is 1.68. The summed E-state index contributed by atoms with van der Waals surface area (Å²) in [5, 5.41) is 5.96. The van der Waals surface area contributed by atoms with Gasteiger partial charge in [-0.05, 0) is 20.3 Å². The Kier molecular flexibility index (Phi) is 5.32. The fraction of sp³-hybridized carbons (Fsp3) is 0.692. The number of thioether (sulfide) groups is 1. The van der Waals surface area contributed by atoms with Crippen molar-refractivity contribution in [1.82, 2.24) is 10.3 Å². The van der Waals surface area contributed by atoms with Crippen molar-refractivity contribution in [2.45, 2.75) is 38.0 Å². The van der Waals surface area contributed by atoms with Crippen molar-refractivity contribution in [2.24, 2.45) is 0 Å². The first kappa shape index (κ1) is 16.8. The summed E-state index contributed by atoms with van der Waals surface area (Å²) in [5.74, 6) is 1.67. The Bertz CT molecular complexity index is 612. The van der Waals surface area contributed by atoms with Gasteiger partial charge in [0, 0.05) is 23.3 Å². The van der Waals surface area contributed by atoms with Gasteiger partial charge in [-0.25, -0.2) is 13.4 Å². The van der Waals surface area contributed by atoms with Crippen molar-refractivity contribution in [3.63, 3.8) is 0 Å². The van der Waals surface area contributed by atoms with Crippen molar-refractivity contribution >= 4 is 38.8 Å². The van der Waals surface area contributed by atoms with Crippen LogP contribution < -0.4 is 5.32 Å². The standard InChI is InChI=1S/C13H20N2O3S3/c1-10-14-11(8-20-10)7-19-5-3-12(16)15-13(2)4-6-21(17,18)9-13/h8H,3-7,9H2,1-2H3,(H,15,16)/t13-/m0/s1. The van der Waals surface area contributed by atoms with Gasteiger partial charge in [0.2, 0.25) is 5.91 Å². The fourth-order valence-electron chi connectivity index (χ4n) is 2.32. The quantitative estimate of drug-likeness (QED) is 0.793. The summed E-state index contributed by atoms with van der Waals surface area (Å²) in [5.41, 5.74) is 0.462. The monoisotopic (exact) mass is 348 g/mol. The maximum atomic E-state index is 11.9. The SMILES string of the molecule is Cc1nc(CSCCC(=O)N[C@@]2(C)CCS(=O)(=O)C2)cs1. The summed E-state index contributed by atoms with van der Waals surface area (Å²) >= 11 is 3.30. The lowest BCUT2D eigenvalue weighted by molar-refractivity contribution is -0.122. The van der Waals surface area contributed by atoms with Crippen LogP contribution in [0, 0.1) is 6.92 Å². The Labute approximate surface area is 133 Å². The highest BCUT2D eigenvalue weighted by Crippen LogP contribution is 2.23. The number of carbonyl (C=O) groups is 1. The van der Waals surface area contributed by atoms with Gasteiger partial charge in [0.1, 0.15) is 0 Å². The molecule has 0 aliphatic carbocycles. The topological polar surface area (TPSA) is 76.1 Å². The first-order valence-corrected chi connectivity index (χ1v) is 10.6. The highest BCUT2D eigenvalue weighted by Gasteiger charge is 2.39. The minimum Gasteiger partial charge on any atom is -0.350 e. The van der Waals surface area contributed by atoms with Gasteiger partial charge >= 0.3 is 0 Å². The van der Waals surface area contributed by atoms with Gasteiger partial charge in [0.15, 0.2) is 9.84 Å². The highest BCUT2D eigenvalue weighted by atomic mass is 32.2. The molecule has 1 aliphatic heterocycles. The van der Waals surface area contributed by atoms with Crippen LogP contribution in [0.2, 0.25) is 0 Å². The van der Waals surface area contributed by atoms with Gasteiger partial charge in [0.05, 0.1) is 27.7 Å². The van der Waals surface area contributed by atoms with Crippen LogP contribution in [-0.2, 0) is 20.4 Å². The van der Waals surface area contributed by atoms with Gasteiger partial charge in [-0.2, -0.15) is 11.8 Å². The average molecular weight is 349 g/mol. The van der Waals surface area contributed by atoms with E-state index in [1.807, 2.05) is 12.3 Å². The molecular weight excluding hydrogens is 328 g/mol. The minimum absolute atomic E-state index is 0.0526. The third-order valence-corrected chi connectivity index (χ3v) is 7.05. The molecule has 1 saturated heterocycles. The van der Waals surface area contributed by atoms with Gasteiger partial charge < -0.3 is 5.32 Å². The third-order valence-electron chi connectivity index (χ3n) is 3.33. The second-order valence-corrected chi connectivity index (χ2v) is 9.96. The number of sulfone groups is 1. The molecule has 118 valence electrons. The van der Waals surface area contributed by atoms with E-state index in [1.54, 1.807) is 30.0 Å². The van der Waals surface area contributed by atoms with Crippen LogP contribution in [-0.4, -0.2) is 42.1 Å². The molecule has 5 nitrogen and oxygen atoms in total. The zero-order valence-electron chi connectivity index (χ0n) is 12.2. The molecule has 1 aromatic rings. The number of aromatic nitrogens is 1. The van der Waals surface area contributed by atoms with Crippen LogP contribution in [0.4, 0.5) is 0 Å². The molecule has 8 heteroatoms. The molecule has 0 bridgehead atoms. The molecule has 1 amide bonds. The zero-order chi connectivity index (χ0) is 15.5. The molecule has 1 aromatic heterocycles. The highest BCUT2D eigenvalue weighted by molar-refractivity contribution is 7.98. The lowest BCUT2D eigenvalue weighted by atomic mass is 10.0. The predicted molar refractivity (Wildman–Crippen MR) is 87.4 cm³/mol. The van der Waals surface area contributed by atoms with Crippen LogP contribution in [0.25, 0.3) is 0 Å². The van der Waals surface area contributed by atoms with Gasteiger partial charge in [-0.3, -0.25) is 4.79 Å². The molecule has 2 rings (SSSR count). The van der Waals surface area contributed by atoms with Crippen LogP contribution in [0.15, 0.2) is 5.38 Å². The van der Waals surface area contributed by atoms with Crippen molar-refractivity contribution in [2.75, 3.05) is 17.3 Å². The molecule has 1 aliphatic rings. The fourth-order valence-corrected chi connectivity index (χ4v) is 5.97. The van der Waals surface area contributed by atoms with E-state index in [2.05, 4.69) is 10.3 Å². The number of thiazole rings is 1. The molecule has 1 atom stereocenters. The van der Waals surface area contributed by atoms with Crippen molar-refractivity contribution < 1.29 is 13.2 Å². The van der Waals surface area contributed by atoms with E-state index in [0.29, 0.717) is 18.6 Å². The average Bonchev–Trinajstić information content (AvgIpc) is 2.89. The zero-order valence-corrected chi connectivity index (χ0v) is 14.7. The Hall–Kier alpha value is -0.600. The first-order chi connectivity index (χ1) is 9.78. The minimum atomic E-state index is -2.99. The van der Waals surface area contributed by atoms with E-state index in [4.69, 9.17) is 0 Å². The summed E-state index contributed by atoms with van der Waals surface area (Å²) < 4.78 is 23.0. The number of aryl methyl sites for hydroxylation is 1. The molecule has 0 spiro atoms. The molecular formula is C13H20N2O3S3. The second kappa shape index (κ2) is 6.66. The van der Waals surface area contributed by atoms with Gasteiger partial charge in [-0.1, -0.05) is 0 Å².